The number of hydrogen-bond donors (Lipinski definition) is 9. The first-order valence-corrected chi connectivity index (χ1v) is 29.4. The van der Waals surface area contributed by atoms with Crippen molar-refractivity contribution in [2.75, 3.05) is 25.4 Å². The lowest BCUT2D eigenvalue weighted by Gasteiger charge is -2.30. The van der Waals surface area contributed by atoms with E-state index in [4.69, 9.17) is 4.74 Å². The molecule has 3 aromatic carbocycles. The van der Waals surface area contributed by atoms with Gasteiger partial charge >= 0.3 is 12.1 Å². The Morgan fingerprint density at radius 3 is 1.72 bits per heavy atom. The number of carbonyl (C=O) groups is 7. The minimum absolute atomic E-state index is 0.00979. The molecule has 0 bridgehead atoms. The summed E-state index contributed by atoms with van der Waals surface area (Å²) in [6.45, 7) is 10.7. The Morgan fingerprint density at radius 2 is 1.14 bits per heavy atom. The third-order valence-corrected chi connectivity index (χ3v) is 15.4. The fourth-order valence-electron chi connectivity index (χ4n) is 9.83. The van der Waals surface area contributed by atoms with Gasteiger partial charge in [-0.25, -0.2) is 9.59 Å². The van der Waals surface area contributed by atoms with E-state index in [9.17, 15) is 38.7 Å². The molecule has 428 valence electrons. The van der Waals surface area contributed by atoms with E-state index in [1.807, 2.05) is 117 Å². The summed E-state index contributed by atoms with van der Waals surface area (Å²) in [5, 5.41) is 36.1. The number of carbonyl (C=O) groups excluding carboxylic acids is 7. The van der Waals surface area contributed by atoms with Crippen LogP contribution in [-0.4, -0.2) is 119 Å². The van der Waals surface area contributed by atoms with Crippen LogP contribution in [0.25, 0.3) is 0 Å². The van der Waals surface area contributed by atoms with Crippen LogP contribution in [-0.2, 0) is 48.0 Å². The average Bonchev–Trinajstić information content (AvgIpc) is 4.03. The van der Waals surface area contributed by atoms with E-state index in [2.05, 4.69) is 42.5 Å². The highest BCUT2D eigenvalue weighted by molar-refractivity contribution is 8.00. The third-order valence-electron chi connectivity index (χ3n) is 13.9. The molecule has 2 fully saturated rings. The molecule has 2 aliphatic heterocycles. The SMILES string of the molecule is CC(C)CC(NC(=O)[C@H](Cc1ccccc1)C[C@@H](O)[C@H](Cc1ccccc1)NC(=O)OC(C)(C)C)C(=O)NC(Cc1ccccc1)C(=O)NCCCCCNC(=O)CCCCCNC(=O)CCCCC1SCC2NC(=O)NC21. The van der Waals surface area contributed by atoms with E-state index in [1.54, 1.807) is 20.8 Å². The van der Waals surface area contributed by atoms with Crippen LogP contribution in [0.15, 0.2) is 91.0 Å². The van der Waals surface area contributed by atoms with E-state index in [0.29, 0.717) is 44.1 Å². The Hall–Kier alpha value is -6.14. The second kappa shape index (κ2) is 33.3. The average molecular weight is 1100 g/mol. The Labute approximate surface area is 466 Å². The normalized spacial score (nSPS) is 17.7. The number of thioether (sulfide) groups is 1. The minimum Gasteiger partial charge on any atom is -0.444 e. The topological polar surface area (TPSA) is 245 Å². The maximum absolute atomic E-state index is 14.5. The quantitative estimate of drug-likeness (QED) is 0.0224. The van der Waals surface area contributed by atoms with Gasteiger partial charge in [0.15, 0.2) is 0 Å². The number of unbranched alkanes of at least 4 members (excludes halogenated alkanes) is 5. The van der Waals surface area contributed by atoms with Gasteiger partial charge < -0.3 is 52.4 Å². The molecule has 2 saturated heterocycles. The highest BCUT2D eigenvalue weighted by Crippen LogP contribution is 2.33. The van der Waals surface area contributed by atoms with Crippen LogP contribution in [0, 0.1) is 11.8 Å². The highest BCUT2D eigenvalue weighted by Gasteiger charge is 2.42. The zero-order valence-corrected chi connectivity index (χ0v) is 47.4. The van der Waals surface area contributed by atoms with Crippen molar-refractivity contribution in [2.45, 2.75) is 185 Å². The summed E-state index contributed by atoms with van der Waals surface area (Å²) in [7, 11) is 0. The number of aliphatic hydroxyl groups is 1. The third kappa shape index (κ3) is 23.8. The van der Waals surface area contributed by atoms with Crippen molar-refractivity contribution < 1.29 is 43.4 Å². The molecule has 8 amide bonds. The van der Waals surface area contributed by atoms with E-state index >= 15 is 0 Å². The van der Waals surface area contributed by atoms with Gasteiger partial charge in [0.25, 0.3) is 0 Å². The fourth-order valence-corrected chi connectivity index (χ4v) is 11.4. The molecule has 5 rings (SSSR count). The van der Waals surface area contributed by atoms with E-state index in [-0.39, 0.29) is 73.9 Å². The smallest absolute Gasteiger partial charge is 0.407 e. The Morgan fingerprint density at radius 1 is 0.615 bits per heavy atom. The van der Waals surface area contributed by atoms with Gasteiger partial charge in [-0.05, 0) is 114 Å². The summed E-state index contributed by atoms with van der Waals surface area (Å²) >= 11 is 1.89. The van der Waals surface area contributed by atoms with Gasteiger partial charge in [-0.2, -0.15) is 11.8 Å². The lowest BCUT2D eigenvalue weighted by molar-refractivity contribution is -0.134. The van der Waals surface area contributed by atoms with Crippen LogP contribution in [0.4, 0.5) is 9.59 Å². The molecule has 78 heavy (non-hydrogen) atoms. The lowest BCUT2D eigenvalue weighted by atomic mass is 9.88. The number of amides is 8. The first-order valence-electron chi connectivity index (χ1n) is 28.3. The van der Waals surface area contributed by atoms with Crippen LogP contribution in [0.3, 0.4) is 0 Å². The number of rotatable bonds is 34. The van der Waals surface area contributed by atoms with Crippen molar-refractivity contribution in [3.8, 4) is 0 Å². The monoisotopic (exact) mass is 1100 g/mol. The van der Waals surface area contributed by atoms with Gasteiger partial charge in [0.2, 0.25) is 29.5 Å². The van der Waals surface area contributed by atoms with Gasteiger partial charge in [-0.15, -0.1) is 0 Å². The van der Waals surface area contributed by atoms with Crippen molar-refractivity contribution in [3.05, 3.63) is 108 Å². The molecule has 5 unspecified atom stereocenters. The van der Waals surface area contributed by atoms with E-state index < -0.39 is 53.7 Å². The van der Waals surface area contributed by atoms with Crippen molar-refractivity contribution in [3.63, 3.8) is 0 Å². The fraction of sp³-hybridized carbons (Fsp3) is 0.583. The standard InChI is InChI=1S/C60H88N8O9S/c1-41(2)35-47(64-55(72)45(36-42-23-11-6-12-24-42)39-50(69)46(37-43-25-13-7-14-26-43)67-59(76)77-60(3,4)5)57(74)65-48(38-44-27-15-8-16-28-44)56(73)63-34-22-10-21-33-62-52(70)30-17-9-20-32-61-53(71)31-19-18-29-51-54-49(40-78-51)66-58(75)68-54/h6-8,11-16,23-28,41,45-51,54,69H,9-10,17-22,29-40H2,1-5H3,(H,61,71)(H,62,70)(H,63,73)(H,64,72)(H,65,74)(H,67,76)(H2,66,68,75)/t45-,46+,47?,48?,49?,50-,51?,54?/m1/s1. The van der Waals surface area contributed by atoms with Crippen molar-refractivity contribution in [1.29, 1.82) is 0 Å². The largest absolute Gasteiger partial charge is 0.444 e. The predicted molar refractivity (Wildman–Crippen MR) is 306 cm³/mol. The molecule has 0 aliphatic carbocycles. The number of ether oxygens (including phenoxy) is 1. The van der Waals surface area contributed by atoms with Crippen LogP contribution >= 0.6 is 11.8 Å². The maximum atomic E-state index is 14.5. The Balaban J connectivity index is 1.05. The number of alkyl carbamates (subject to hydrolysis) is 1. The predicted octanol–water partition coefficient (Wildman–Crippen LogP) is 6.80. The number of benzene rings is 3. The van der Waals surface area contributed by atoms with Crippen LogP contribution in [0.2, 0.25) is 0 Å². The first kappa shape index (κ1) is 62.7. The molecule has 9 N–H and O–H groups in total. The highest BCUT2D eigenvalue weighted by atomic mass is 32.2. The molecule has 8 atom stereocenters. The molecule has 0 aromatic heterocycles. The molecule has 18 heteroatoms. The molecule has 0 spiro atoms. The summed E-state index contributed by atoms with van der Waals surface area (Å²) in [5.74, 6) is -1.14. The second-order valence-electron chi connectivity index (χ2n) is 22.3. The maximum Gasteiger partial charge on any atom is 0.407 e. The van der Waals surface area contributed by atoms with Crippen molar-refractivity contribution >= 4 is 53.4 Å². The lowest BCUT2D eigenvalue weighted by Crippen LogP contribution is -2.56. The summed E-state index contributed by atoms with van der Waals surface area (Å²) < 4.78 is 5.56. The molecule has 2 heterocycles. The molecule has 0 saturated carbocycles. The molecule has 0 radical (unpaired) electrons. The molecular weight excluding hydrogens is 1010 g/mol. The second-order valence-corrected chi connectivity index (χ2v) is 23.6. The molecule has 3 aromatic rings. The Kier molecular flexibility index (Phi) is 26.8. The van der Waals surface area contributed by atoms with Crippen LogP contribution in [0.1, 0.15) is 135 Å². The summed E-state index contributed by atoms with van der Waals surface area (Å²) in [5.41, 5.74) is 1.81. The van der Waals surface area contributed by atoms with E-state index in [1.165, 1.54) is 0 Å². The molecular formula is C60H88N8O9S. The summed E-state index contributed by atoms with van der Waals surface area (Å²) in [6, 6.07) is 25.9. The first-order chi connectivity index (χ1) is 37.4. The zero-order chi connectivity index (χ0) is 56.3. The minimum atomic E-state index is -1.18. The van der Waals surface area contributed by atoms with E-state index in [0.717, 1.165) is 73.8 Å². The van der Waals surface area contributed by atoms with Crippen LogP contribution < -0.4 is 42.5 Å². The van der Waals surface area contributed by atoms with Gasteiger partial charge in [-0.1, -0.05) is 118 Å². The Bertz CT molecular complexity index is 2320. The van der Waals surface area contributed by atoms with Gasteiger partial charge in [0, 0.05) is 55.8 Å². The number of aliphatic hydroxyl groups excluding tert-OH is 1. The number of nitrogens with one attached hydrogen (secondary N) is 8. The summed E-state index contributed by atoms with van der Waals surface area (Å²) in [4.78, 5) is 92.2. The number of hydrogen-bond acceptors (Lipinski definition) is 10. The van der Waals surface area contributed by atoms with Gasteiger partial charge in [0.05, 0.1) is 24.2 Å². The number of urea groups is 1. The van der Waals surface area contributed by atoms with Crippen molar-refractivity contribution in [1.82, 2.24) is 42.5 Å². The molecule has 2 aliphatic rings. The van der Waals surface area contributed by atoms with Crippen LogP contribution in [0.5, 0.6) is 0 Å². The molecule has 17 nitrogen and oxygen atoms in total. The van der Waals surface area contributed by atoms with Crippen molar-refractivity contribution in [2.24, 2.45) is 11.8 Å². The summed E-state index contributed by atoms with van der Waals surface area (Å²) in [6.07, 6.45) is 7.34. The van der Waals surface area contributed by atoms with Gasteiger partial charge in [-0.3, -0.25) is 24.0 Å². The van der Waals surface area contributed by atoms with Gasteiger partial charge in [0.1, 0.15) is 17.7 Å². The number of fused-ring (bicyclic) bond motifs is 1. The zero-order valence-electron chi connectivity index (χ0n) is 46.6.